The fraction of sp³-hybridized carbons (Fsp3) is 0.269. The fourth-order valence-electron chi connectivity index (χ4n) is 3.75. The van der Waals surface area contributed by atoms with Crippen LogP contribution in [0, 0.1) is 17.6 Å². The molecular weight excluding hydrogens is 436 g/mol. The first kappa shape index (κ1) is 22.0. The average molecular weight is 462 g/mol. The van der Waals surface area contributed by atoms with Crippen molar-refractivity contribution < 1.29 is 13.6 Å². The van der Waals surface area contributed by atoms with Crippen LogP contribution in [-0.4, -0.2) is 32.9 Å². The van der Waals surface area contributed by atoms with E-state index in [-0.39, 0.29) is 5.91 Å². The summed E-state index contributed by atoms with van der Waals surface area (Å²) in [5.41, 5.74) is 3.58. The van der Waals surface area contributed by atoms with E-state index in [0.29, 0.717) is 46.8 Å². The second kappa shape index (κ2) is 8.85. The van der Waals surface area contributed by atoms with Gasteiger partial charge in [0.15, 0.2) is 11.5 Å². The van der Waals surface area contributed by atoms with E-state index in [2.05, 4.69) is 34.4 Å². The fourth-order valence-corrected chi connectivity index (χ4v) is 3.75. The minimum Gasteiger partial charge on any atom is -0.367 e. The van der Waals surface area contributed by atoms with Gasteiger partial charge < -0.3 is 10.6 Å². The predicted molar refractivity (Wildman–Crippen MR) is 128 cm³/mol. The molecule has 34 heavy (non-hydrogen) atoms. The Hall–Kier alpha value is -3.81. The Morgan fingerprint density at radius 2 is 1.79 bits per heavy atom. The van der Waals surface area contributed by atoms with E-state index in [1.807, 2.05) is 16.5 Å². The summed E-state index contributed by atoms with van der Waals surface area (Å²) in [7, 11) is 0. The van der Waals surface area contributed by atoms with E-state index >= 15 is 0 Å². The maximum atomic E-state index is 13.9. The van der Waals surface area contributed by atoms with E-state index in [1.165, 1.54) is 12.1 Å². The number of nitrogens with zero attached hydrogens (tertiary/aromatic N) is 3. The number of amides is 1. The molecule has 0 atom stereocenters. The van der Waals surface area contributed by atoms with Crippen LogP contribution in [0.25, 0.3) is 28.2 Å². The first-order chi connectivity index (χ1) is 16.4. The normalized spacial score (nSPS) is 13.4. The van der Waals surface area contributed by atoms with Crippen molar-refractivity contribution in [2.24, 2.45) is 5.92 Å². The van der Waals surface area contributed by atoms with Crippen LogP contribution in [0.15, 0.2) is 54.9 Å². The lowest BCUT2D eigenvalue weighted by Gasteiger charge is -2.13. The molecule has 2 aromatic carbocycles. The van der Waals surface area contributed by atoms with Gasteiger partial charge in [0.25, 0.3) is 5.91 Å². The molecule has 5 rings (SSSR count). The second-order valence-corrected chi connectivity index (χ2v) is 9.07. The molecule has 0 saturated heterocycles. The number of halogens is 2. The zero-order valence-corrected chi connectivity index (χ0v) is 19.0. The van der Waals surface area contributed by atoms with Crippen molar-refractivity contribution in [2.45, 2.75) is 32.7 Å². The number of rotatable bonds is 7. The molecule has 0 aliphatic heterocycles. The molecule has 174 valence electrons. The molecule has 0 bridgehead atoms. The highest BCUT2D eigenvalue weighted by Crippen LogP contribution is 2.29. The largest absolute Gasteiger partial charge is 0.367 e. The Balaban J connectivity index is 1.57. The van der Waals surface area contributed by atoms with Crippen LogP contribution >= 0.6 is 0 Å². The lowest BCUT2D eigenvalue weighted by atomic mass is 10.1. The van der Waals surface area contributed by atoms with Crippen LogP contribution in [0.1, 0.15) is 37.0 Å². The number of carbonyl (C=O) groups is 1. The molecule has 6 nitrogen and oxygen atoms in total. The lowest BCUT2D eigenvalue weighted by molar-refractivity contribution is 0.0951. The number of fused-ring (bicyclic) bond motifs is 1. The molecule has 1 aliphatic carbocycles. The topological polar surface area (TPSA) is 71.3 Å². The van der Waals surface area contributed by atoms with Gasteiger partial charge in [0.2, 0.25) is 0 Å². The lowest BCUT2D eigenvalue weighted by Crippen LogP contribution is -2.25. The highest BCUT2D eigenvalue weighted by atomic mass is 19.1. The summed E-state index contributed by atoms with van der Waals surface area (Å²) < 4.78 is 29.7. The number of anilines is 1. The Bertz CT molecular complexity index is 1340. The van der Waals surface area contributed by atoms with Crippen LogP contribution in [-0.2, 0) is 0 Å². The van der Waals surface area contributed by atoms with Crippen molar-refractivity contribution >= 4 is 17.4 Å². The summed E-state index contributed by atoms with van der Waals surface area (Å²) in [4.78, 5) is 21.5. The number of hydrogen-bond acceptors (Lipinski definition) is 4. The molecule has 0 spiro atoms. The van der Waals surface area contributed by atoms with Gasteiger partial charge in [0.1, 0.15) is 11.6 Å². The third-order valence-electron chi connectivity index (χ3n) is 5.68. The number of benzene rings is 2. The van der Waals surface area contributed by atoms with Gasteiger partial charge in [-0.15, -0.1) is 0 Å². The number of nitrogens with one attached hydrogen (secondary N) is 2. The summed E-state index contributed by atoms with van der Waals surface area (Å²) in [5.74, 6) is -0.519. The molecular formula is C26H25F2N5O. The zero-order chi connectivity index (χ0) is 23.8. The Morgan fingerprint density at radius 1 is 1.09 bits per heavy atom. The van der Waals surface area contributed by atoms with Gasteiger partial charge in [-0.25, -0.2) is 18.7 Å². The van der Waals surface area contributed by atoms with Gasteiger partial charge in [0.05, 0.1) is 17.6 Å². The maximum Gasteiger partial charge on any atom is 0.251 e. The molecule has 2 heterocycles. The molecule has 0 unspecified atom stereocenters. The van der Waals surface area contributed by atoms with Gasteiger partial charge in [-0.3, -0.25) is 9.20 Å². The monoisotopic (exact) mass is 461 g/mol. The number of hydrogen-bond donors (Lipinski definition) is 2. The highest BCUT2D eigenvalue weighted by molar-refractivity contribution is 5.95. The molecule has 2 N–H and O–H groups in total. The van der Waals surface area contributed by atoms with Crippen LogP contribution in [0.2, 0.25) is 0 Å². The number of aromatic nitrogens is 3. The van der Waals surface area contributed by atoms with E-state index in [0.717, 1.165) is 30.2 Å². The number of imidazole rings is 1. The smallest absolute Gasteiger partial charge is 0.251 e. The molecule has 1 aliphatic rings. The van der Waals surface area contributed by atoms with Crippen LogP contribution < -0.4 is 10.6 Å². The molecule has 2 aromatic heterocycles. The summed E-state index contributed by atoms with van der Waals surface area (Å²) in [6, 6.07) is 11.0. The van der Waals surface area contributed by atoms with E-state index in [4.69, 9.17) is 0 Å². The average Bonchev–Trinajstić information content (AvgIpc) is 3.51. The maximum absolute atomic E-state index is 13.9. The zero-order valence-electron chi connectivity index (χ0n) is 19.0. The minimum atomic E-state index is -0.667. The number of carbonyl (C=O) groups excluding carboxylic acids is 1. The second-order valence-electron chi connectivity index (χ2n) is 9.07. The van der Waals surface area contributed by atoms with Gasteiger partial charge in [-0.1, -0.05) is 26.0 Å². The summed E-state index contributed by atoms with van der Waals surface area (Å²) in [6.07, 6.45) is 5.52. The van der Waals surface area contributed by atoms with Gasteiger partial charge in [0, 0.05) is 41.5 Å². The van der Waals surface area contributed by atoms with Crippen molar-refractivity contribution in [3.05, 3.63) is 72.1 Å². The van der Waals surface area contributed by atoms with Gasteiger partial charge in [-0.2, -0.15) is 0 Å². The van der Waals surface area contributed by atoms with E-state index < -0.39 is 11.6 Å². The molecule has 1 saturated carbocycles. The quantitative estimate of drug-likeness (QED) is 0.392. The van der Waals surface area contributed by atoms with Crippen molar-refractivity contribution in [2.75, 3.05) is 11.9 Å². The van der Waals surface area contributed by atoms with Crippen molar-refractivity contribution in [3.8, 4) is 22.5 Å². The summed E-state index contributed by atoms with van der Waals surface area (Å²) in [5, 5.41) is 6.29. The van der Waals surface area contributed by atoms with Crippen LogP contribution in [0.5, 0.6) is 0 Å². The predicted octanol–water partition coefficient (Wildman–Crippen LogP) is 5.30. The SMILES string of the molecule is CC(C)CNc1nc(-c2cc(F)cc(F)c2)cn2c(-c3ccc(C(=O)NC4CC4)cc3)cnc12. The minimum absolute atomic E-state index is 0.0769. The Kier molecular flexibility index (Phi) is 5.73. The molecule has 1 amide bonds. The van der Waals surface area contributed by atoms with Gasteiger partial charge in [-0.05, 0) is 43.0 Å². The third-order valence-corrected chi connectivity index (χ3v) is 5.68. The third kappa shape index (κ3) is 4.62. The van der Waals surface area contributed by atoms with Crippen molar-refractivity contribution in [1.82, 2.24) is 19.7 Å². The molecule has 4 aromatic rings. The van der Waals surface area contributed by atoms with Gasteiger partial charge >= 0.3 is 0 Å². The molecule has 8 heteroatoms. The van der Waals surface area contributed by atoms with Crippen molar-refractivity contribution in [3.63, 3.8) is 0 Å². The molecule has 1 fully saturated rings. The van der Waals surface area contributed by atoms with Crippen LogP contribution in [0.3, 0.4) is 0 Å². The standard InChI is InChI=1S/C26H25F2N5O/c1-15(2)12-29-24-25-30-13-23(16-3-5-17(6-4-16)26(34)31-21-7-8-21)33(25)14-22(32-24)18-9-19(27)11-20(28)10-18/h3-6,9-11,13-15,21H,7-8,12H2,1-2H3,(H,29,32)(H,31,34). The summed E-state index contributed by atoms with van der Waals surface area (Å²) >= 11 is 0. The molecule has 0 radical (unpaired) electrons. The first-order valence-electron chi connectivity index (χ1n) is 11.4. The first-order valence-corrected chi connectivity index (χ1v) is 11.4. The Morgan fingerprint density at radius 3 is 2.44 bits per heavy atom. The Labute approximate surface area is 196 Å². The highest BCUT2D eigenvalue weighted by Gasteiger charge is 2.24. The van der Waals surface area contributed by atoms with E-state index in [9.17, 15) is 13.6 Å². The van der Waals surface area contributed by atoms with Crippen LogP contribution in [0.4, 0.5) is 14.6 Å². The summed E-state index contributed by atoms with van der Waals surface area (Å²) in [6.45, 7) is 4.82. The van der Waals surface area contributed by atoms with Crippen molar-refractivity contribution in [1.29, 1.82) is 0 Å². The van der Waals surface area contributed by atoms with E-state index in [1.54, 1.807) is 24.5 Å².